The number of benzene rings is 1. The lowest BCUT2D eigenvalue weighted by atomic mass is 9.83. The van der Waals surface area contributed by atoms with Gasteiger partial charge in [-0.2, -0.15) is 18.3 Å². The van der Waals surface area contributed by atoms with Gasteiger partial charge in [0.2, 0.25) is 0 Å². The van der Waals surface area contributed by atoms with E-state index in [4.69, 9.17) is 48.2 Å². The SMILES string of the molecule is Cc1nn(C(C)c2ccc(Cl)cc2Cl)c2nc(C3=CCC(N4CCC[C@H]4C(=O)O)C(C)C3)cnc12.O=C(O)C(F)(F)F. The summed E-state index contributed by atoms with van der Waals surface area (Å²) in [5.41, 5.74) is 5.22. The van der Waals surface area contributed by atoms with Gasteiger partial charge in [0, 0.05) is 16.1 Å². The van der Waals surface area contributed by atoms with Crippen LogP contribution in [0, 0.1) is 12.8 Å². The zero-order chi connectivity index (χ0) is 30.9. The van der Waals surface area contributed by atoms with E-state index in [1.54, 1.807) is 6.07 Å². The van der Waals surface area contributed by atoms with E-state index in [1.807, 2.05) is 36.9 Å². The number of aryl methyl sites for hydroxylation is 1. The lowest BCUT2D eigenvalue weighted by Crippen LogP contribution is -2.46. The number of carboxylic acids is 2. The zero-order valence-corrected chi connectivity index (χ0v) is 24.6. The molecule has 2 N–H and O–H groups in total. The molecule has 4 atom stereocenters. The predicted octanol–water partition coefficient (Wildman–Crippen LogP) is 6.42. The number of carbonyl (C=O) groups is 2. The topological polar surface area (TPSA) is 121 Å². The number of halogens is 5. The first-order chi connectivity index (χ1) is 19.7. The van der Waals surface area contributed by atoms with Gasteiger partial charge in [0.25, 0.3) is 0 Å². The summed E-state index contributed by atoms with van der Waals surface area (Å²) in [5.74, 6) is -3.14. The second-order valence-electron chi connectivity index (χ2n) is 10.6. The van der Waals surface area contributed by atoms with Crippen LogP contribution in [0.3, 0.4) is 0 Å². The molecule has 0 amide bonds. The van der Waals surface area contributed by atoms with Gasteiger partial charge in [0.1, 0.15) is 11.6 Å². The van der Waals surface area contributed by atoms with Crippen molar-refractivity contribution in [2.45, 2.75) is 70.8 Å². The van der Waals surface area contributed by atoms with Gasteiger partial charge in [-0.1, -0.05) is 42.3 Å². The van der Waals surface area contributed by atoms with Crippen LogP contribution in [-0.4, -0.2) is 71.6 Å². The molecule has 5 rings (SSSR count). The average molecular weight is 628 g/mol. The molecule has 42 heavy (non-hydrogen) atoms. The highest BCUT2D eigenvalue weighted by Crippen LogP contribution is 2.37. The van der Waals surface area contributed by atoms with Crippen LogP contribution >= 0.6 is 23.2 Å². The molecule has 3 aromatic rings. The third-order valence-corrected chi connectivity index (χ3v) is 8.29. The molecule has 0 spiro atoms. The van der Waals surface area contributed by atoms with Crippen molar-refractivity contribution in [2.75, 3.05) is 6.54 Å². The molecule has 14 heteroatoms. The second kappa shape index (κ2) is 12.6. The number of hydrogen-bond donors (Lipinski definition) is 2. The minimum absolute atomic E-state index is 0.146. The molecule has 0 saturated carbocycles. The molecular formula is C28H30Cl2F3N5O4. The van der Waals surface area contributed by atoms with Gasteiger partial charge in [-0.25, -0.2) is 19.4 Å². The summed E-state index contributed by atoms with van der Waals surface area (Å²) in [7, 11) is 0. The molecule has 3 unspecified atom stereocenters. The fraction of sp³-hybridized carbons (Fsp3) is 0.464. The quantitative estimate of drug-likeness (QED) is 0.332. The number of fused-ring (bicyclic) bond motifs is 1. The van der Waals surface area contributed by atoms with Crippen LogP contribution in [0.4, 0.5) is 13.2 Å². The number of likely N-dealkylation sites (tertiary alicyclic amines) is 1. The Morgan fingerprint density at radius 2 is 1.88 bits per heavy atom. The molecule has 1 aromatic carbocycles. The van der Waals surface area contributed by atoms with Crippen molar-refractivity contribution in [3.63, 3.8) is 0 Å². The van der Waals surface area contributed by atoms with Gasteiger partial charge < -0.3 is 10.2 Å². The molecule has 9 nitrogen and oxygen atoms in total. The Labute approximate surface area is 249 Å². The number of hydrogen-bond acceptors (Lipinski definition) is 6. The Morgan fingerprint density at radius 1 is 1.19 bits per heavy atom. The van der Waals surface area contributed by atoms with E-state index >= 15 is 0 Å². The molecule has 0 radical (unpaired) electrons. The standard InChI is InChI=1S/C26H29Cl2N5O2.C2HF3O2/c1-14-11-17(6-9-22(14)32-10-4-5-23(32)26(34)35)21-13-29-24-15(2)31-33(25(24)30-21)16(3)19-8-7-18(27)12-20(19)28;3-2(4,5)1(6)7/h6-8,12-14,16,22-23H,4-5,9-11H2,1-3H3,(H,34,35);(H,6,7)/t14?,16?,22?,23-;/m0./s1. The summed E-state index contributed by atoms with van der Waals surface area (Å²) in [5, 5.41) is 22.7. The Bertz CT molecular complexity index is 1530. The summed E-state index contributed by atoms with van der Waals surface area (Å²) in [6.45, 7) is 7.03. The highest BCUT2D eigenvalue weighted by atomic mass is 35.5. The van der Waals surface area contributed by atoms with Crippen molar-refractivity contribution < 1.29 is 33.0 Å². The van der Waals surface area contributed by atoms with Crippen molar-refractivity contribution in [3.8, 4) is 0 Å². The smallest absolute Gasteiger partial charge is 0.480 e. The van der Waals surface area contributed by atoms with Crippen molar-refractivity contribution in [3.05, 3.63) is 57.5 Å². The van der Waals surface area contributed by atoms with Crippen LogP contribution in [0.1, 0.15) is 62.5 Å². The summed E-state index contributed by atoms with van der Waals surface area (Å²) in [6.07, 6.45) is 2.28. The first-order valence-electron chi connectivity index (χ1n) is 13.3. The third kappa shape index (κ3) is 6.71. The second-order valence-corrected chi connectivity index (χ2v) is 11.4. The maximum Gasteiger partial charge on any atom is 0.490 e. The summed E-state index contributed by atoms with van der Waals surface area (Å²) in [4.78, 5) is 32.5. The van der Waals surface area contributed by atoms with Crippen LogP contribution < -0.4 is 0 Å². The maximum atomic E-state index is 11.7. The normalized spacial score (nSPS) is 21.9. The van der Waals surface area contributed by atoms with E-state index in [0.29, 0.717) is 16.0 Å². The minimum Gasteiger partial charge on any atom is -0.480 e. The molecule has 1 aliphatic heterocycles. The largest absolute Gasteiger partial charge is 0.490 e. The van der Waals surface area contributed by atoms with Gasteiger partial charge in [0.05, 0.1) is 23.6 Å². The number of carboxylic acid groups (broad SMARTS) is 2. The zero-order valence-electron chi connectivity index (χ0n) is 23.1. The minimum atomic E-state index is -5.08. The van der Waals surface area contributed by atoms with Gasteiger partial charge in [-0.3, -0.25) is 9.69 Å². The molecular weight excluding hydrogens is 598 g/mol. The van der Waals surface area contributed by atoms with E-state index in [-0.39, 0.29) is 18.1 Å². The van der Waals surface area contributed by atoms with Gasteiger partial charge >= 0.3 is 18.1 Å². The predicted molar refractivity (Wildman–Crippen MR) is 152 cm³/mol. The molecule has 0 bridgehead atoms. The van der Waals surface area contributed by atoms with E-state index in [0.717, 1.165) is 65.9 Å². The number of nitrogens with zero attached hydrogens (tertiary/aromatic N) is 5. The molecule has 1 saturated heterocycles. The Balaban J connectivity index is 0.000000517. The molecule has 226 valence electrons. The maximum absolute atomic E-state index is 11.7. The van der Waals surface area contributed by atoms with Crippen LogP contribution in [0.15, 0.2) is 30.5 Å². The van der Waals surface area contributed by atoms with Crippen LogP contribution in [0.25, 0.3) is 16.7 Å². The van der Waals surface area contributed by atoms with Crippen molar-refractivity contribution in [2.24, 2.45) is 5.92 Å². The lowest BCUT2D eigenvalue weighted by molar-refractivity contribution is -0.192. The highest BCUT2D eigenvalue weighted by molar-refractivity contribution is 6.35. The van der Waals surface area contributed by atoms with Crippen molar-refractivity contribution in [1.82, 2.24) is 24.6 Å². The number of alkyl halides is 3. The van der Waals surface area contributed by atoms with Crippen LogP contribution in [0.5, 0.6) is 0 Å². The monoisotopic (exact) mass is 627 g/mol. The van der Waals surface area contributed by atoms with Crippen LogP contribution in [0.2, 0.25) is 10.0 Å². The van der Waals surface area contributed by atoms with Gasteiger partial charge in [-0.15, -0.1) is 0 Å². The van der Waals surface area contributed by atoms with Crippen molar-refractivity contribution in [1.29, 1.82) is 0 Å². The van der Waals surface area contributed by atoms with E-state index < -0.39 is 18.1 Å². The molecule has 2 aliphatic rings. The number of aromatic nitrogens is 4. The summed E-state index contributed by atoms with van der Waals surface area (Å²) >= 11 is 12.6. The third-order valence-electron chi connectivity index (χ3n) is 7.73. The fourth-order valence-electron chi connectivity index (χ4n) is 5.63. The van der Waals surface area contributed by atoms with Crippen molar-refractivity contribution >= 4 is 51.9 Å². The molecule has 1 fully saturated rings. The summed E-state index contributed by atoms with van der Waals surface area (Å²) in [6, 6.07) is 5.21. The highest BCUT2D eigenvalue weighted by Gasteiger charge is 2.39. The lowest BCUT2D eigenvalue weighted by Gasteiger charge is -2.37. The number of rotatable bonds is 5. The first-order valence-corrected chi connectivity index (χ1v) is 14.1. The first kappa shape index (κ1) is 31.7. The average Bonchev–Trinajstić information content (AvgIpc) is 3.53. The Morgan fingerprint density at radius 3 is 2.48 bits per heavy atom. The summed E-state index contributed by atoms with van der Waals surface area (Å²) < 4.78 is 33.6. The Kier molecular flexibility index (Phi) is 9.49. The van der Waals surface area contributed by atoms with E-state index in [1.165, 1.54) is 0 Å². The Hall–Kier alpha value is -3.22. The van der Waals surface area contributed by atoms with Crippen LogP contribution in [-0.2, 0) is 9.59 Å². The van der Waals surface area contributed by atoms with E-state index in [2.05, 4.69) is 17.9 Å². The number of aliphatic carboxylic acids is 2. The van der Waals surface area contributed by atoms with Gasteiger partial charge in [-0.05, 0) is 75.3 Å². The molecule has 2 aromatic heterocycles. The molecule has 1 aliphatic carbocycles. The van der Waals surface area contributed by atoms with Gasteiger partial charge in [0.15, 0.2) is 5.65 Å². The van der Waals surface area contributed by atoms with E-state index in [9.17, 15) is 23.1 Å². The number of allylic oxidation sites excluding steroid dienone is 1. The molecule has 3 heterocycles. The fourth-order valence-corrected chi connectivity index (χ4v) is 6.20.